The third kappa shape index (κ3) is 2.67. The van der Waals surface area contributed by atoms with Crippen molar-refractivity contribution in [1.82, 2.24) is 10.1 Å². The highest BCUT2D eigenvalue weighted by molar-refractivity contribution is 7.99. The van der Waals surface area contributed by atoms with Gasteiger partial charge in [0.2, 0.25) is 5.89 Å². The van der Waals surface area contributed by atoms with Gasteiger partial charge in [-0.2, -0.15) is 4.98 Å². The van der Waals surface area contributed by atoms with Gasteiger partial charge in [-0.05, 0) is 25.0 Å². The van der Waals surface area contributed by atoms with Gasteiger partial charge in [-0.25, -0.2) is 0 Å². The standard InChI is InChI=1S/C10H15ClN2OS/c1-2-4-7(11)9-12-10(14-13-9)8-5-3-6-15-8/h7-8H,2-6H2,1H3. The fourth-order valence-corrected chi connectivity index (χ4v) is 3.16. The summed E-state index contributed by atoms with van der Waals surface area (Å²) in [6, 6.07) is 0. The minimum atomic E-state index is -0.0982. The summed E-state index contributed by atoms with van der Waals surface area (Å²) < 4.78 is 5.25. The van der Waals surface area contributed by atoms with Crippen molar-refractivity contribution in [2.75, 3.05) is 5.75 Å². The lowest BCUT2D eigenvalue weighted by Gasteiger charge is -2.01. The van der Waals surface area contributed by atoms with E-state index in [-0.39, 0.29) is 5.38 Å². The SMILES string of the molecule is CCCC(Cl)c1noc(C2CCCS2)n1. The fraction of sp³-hybridized carbons (Fsp3) is 0.800. The number of halogens is 1. The van der Waals surface area contributed by atoms with Crippen molar-refractivity contribution in [3.05, 3.63) is 11.7 Å². The van der Waals surface area contributed by atoms with Gasteiger partial charge in [-0.15, -0.1) is 23.4 Å². The zero-order valence-electron chi connectivity index (χ0n) is 8.78. The molecule has 1 aliphatic heterocycles. The highest BCUT2D eigenvalue weighted by Gasteiger charge is 2.25. The van der Waals surface area contributed by atoms with Crippen molar-refractivity contribution in [2.24, 2.45) is 0 Å². The molecule has 1 aromatic heterocycles. The van der Waals surface area contributed by atoms with E-state index in [9.17, 15) is 0 Å². The second-order valence-electron chi connectivity index (χ2n) is 3.75. The van der Waals surface area contributed by atoms with E-state index in [0.717, 1.165) is 25.2 Å². The Kier molecular flexibility index (Phi) is 3.92. The first kappa shape index (κ1) is 11.3. The van der Waals surface area contributed by atoms with Gasteiger partial charge in [-0.1, -0.05) is 18.5 Å². The summed E-state index contributed by atoms with van der Waals surface area (Å²) in [6.07, 6.45) is 4.33. The van der Waals surface area contributed by atoms with Crippen LogP contribution in [0, 0.1) is 0 Å². The molecule has 0 amide bonds. The van der Waals surface area contributed by atoms with E-state index in [1.165, 1.54) is 12.2 Å². The molecule has 2 atom stereocenters. The number of thioether (sulfide) groups is 1. The van der Waals surface area contributed by atoms with Crippen molar-refractivity contribution in [1.29, 1.82) is 0 Å². The molecule has 0 aromatic carbocycles. The van der Waals surface area contributed by atoms with Crippen molar-refractivity contribution in [3.8, 4) is 0 Å². The molecule has 0 N–H and O–H groups in total. The zero-order chi connectivity index (χ0) is 10.7. The third-order valence-corrected chi connectivity index (χ3v) is 4.26. The fourth-order valence-electron chi connectivity index (χ4n) is 1.66. The molecule has 1 saturated heterocycles. The molecule has 5 heteroatoms. The van der Waals surface area contributed by atoms with Gasteiger partial charge in [0, 0.05) is 0 Å². The molecule has 2 heterocycles. The molecule has 1 fully saturated rings. The first-order valence-electron chi connectivity index (χ1n) is 5.40. The van der Waals surface area contributed by atoms with Crippen LogP contribution in [0.15, 0.2) is 4.52 Å². The number of hydrogen-bond donors (Lipinski definition) is 0. The third-order valence-electron chi connectivity index (χ3n) is 2.48. The monoisotopic (exact) mass is 246 g/mol. The van der Waals surface area contributed by atoms with Gasteiger partial charge in [0.25, 0.3) is 0 Å². The van der Waals surface area contributed by atoms with Crippen LogP contribution < -0.4 is 0 Å². The van der Waals surface area contributed by atoms with Gasteiger partial charge in [0.15, 0.2) is 5.82 Å². The summed E-state index contributed by atoms with van der Waals surface area (Å²) in [6.45, 7) is 2.10. The molecule has 15 heavy (non-hydrogen) atoms. The molecule has 0 spiro atoms. The van der Waals surface area contributed by atoms with E-state index in [4.69, 9.17) is 16.1 Å². The first-order valence-corrected chi connectivity index (χ1v) is 6.89. The van der Waals surface area contributed by atoms with E-state index >= 15 is 0 Å². The Morgan fingerprint density at radius 1 is 1.67 bits per heavy atom. The first-order chi connectivity index (χ1) is 7.31. The summed E-state index contributed by atoms with van der Waals surface area (Å²) in [5.41, 5.74) is 0. The summed E-state index contributed by atoms with van der Waals surface area (Å²) >= 11 is 8.03. The summed E-state index contributed by atoms with van der Waals surface area (Å²) in [7, 11) is 0. The van der Waals surface area contributed by atoms with Crippen LogP contribution in [0.2, 0.25) is 0 Å². The molecule has 1 aliphatic rings. The van der Waals surface area contributed by atoms with Gasteiger partial charge in [0.1, 0.15) is 0 Å². The molecular formula is C10H15ClN2OS. The van der Waals surface area contributed by atoms with Crippen LogP contribution in [0.5, 0.6) is 0 Å². The summed E-state index contributed by atoms with van der Waals surface area (Å²) in [5, 5.41) is 4.25. The van der Waals surface area contributed by atoms with E-state index in [1.54, 1.807) is 0 Å². The highest BCUT2D eigenvalue weighted by Crippen LogP contribution is 2.39. The maximum Gasteiger partial charge on any atom is 0.239 e. The molecule has 0 saturated carbocycles. The van der Waals surface area contributed by atoms with Crippen LogP contribution in [-0.2, 0) is 0 Å². The average Bonchev–Trinajstić information content (AvgIpc) is 2.89. The molecule has 3 nitrogen and oxygen atoms in total. The van der Waals surface area contributed by atoms with Crippen LogP contribution >= 0.6 is 23.4 Å². The zero-order valence-corrected chi connectivity index (χ0v) is 10.4. The second-order valence-corrected chi connectivity index (χ2v) is 5.59. The Labute approximate surface area is 99.0 Å². The molecular weight excluding hydrogens is 232 g/mol. The maximum absolute atomic E-state index is 6.13. The number of hydrogen-bond acceptors (Lipinski definition) is 4. The Morgan fingerprint density at radius 3 is 3.20 bits per heavy atom. The highest BCUT2D eigenvalue weighted by atomic mass is 35.5. The van der Waals surface area contributed by atoms with E-state index in [2.05, 4.69) is 17.1 Å². The quantitative estimate of drug-likeness (QED) is 0.759. The molecule has 0 radical (unpaired) electrons. The van der Waals surface area contributed by atoms with Crippen LogP contribution in [0.1, 0.15) is 54.9 Å². The average molecular weight is 247 g/mol. The Balaban J connectivity index is 2.02. The summed E-state index contributed by atoms with van der Waals surface area (Å²) in [4.78, 5) is 4.38. The van der Waals surface area contributed by atoms with Crippen LogP contribution in [-0.4, -0.2) is 15.9 Å². The predicted molar refractivity (Wildman–Crippen MR) is 62.2 cm³/mol. The van der Waals surface area contributed by atoms with Crippen molar-refractivity contribution < 1.29 is 4.52 Å². The largest absolute Gasteiger partial charge is 0.338 e. The topological polar surface area (TPSA) is 38.9 Å². The van der Waals surface area contributed by atoms with Crippen LogP contribution in [0.4, 0.5) is 0 Å². The molecule has 0 aliphatic carbocycles. The smallest absolute Gasteiger partial charge is 0.239 e. The molecule has 2 unspecified atom stereocenters. The van der Waals surface area contributed by atoms with Gasteiger partial charge in [-0.3, -0.25) is 0 Å². The van der Waals surface area contributed by atoms with E-state index < -0.39 is 0 Å². The number of aromatic nitrogens is 2. The van der Waals surface area contributed by atoms with Gasteiger partial charge in [0.05, 0.1) is 10.6 Å². The lowest BCUT2D eigenvalue weighted by Crippen LogP contribution is -1.94. The Bertz CT molecular complexity index is 312. The van der Waals surface area contributed by atoms with E-state index in [1.807, 2.05) is 11.8 Å². The lowest BCUT2D eigenvalue weighted by atomic mass is 10.2. The Hall–Kier alpha value is -0.220. The molecule has 84 valence electrons. The lowest BCUT2D eigenvalue weighted by molar-refractivity contribution is 0.369. The van der Waals surface area contributed by atoms with Crippen molar-refractivity contribution >= 4 is 23.4 Å². The summed E-state index contributed by atoms with van der Waals surface area (Å²) in [5.74, 6) is 2.61. The minimum Gasteiger partial charge on any atom is -0.338 e. The van der Waals surface area contributed by atoms with E-state index in [0.29, 0.717) is 11.1 Å². The Morgan fingerprint density at radius 2 is 2.53 bits per heavy atom. The minimum absolute atomic E-state index is 0.0982. The van der Waals surface area contributed by atoms with Crippen LogP contribution in [0.25, 0.3) is 0 Å². The molecule has 1 aromatic rings. The van der Waals surface area contributed by atoms with Gasteiger partial charge >= 0.3 is 0 Å². The van der Waals surface area contributed by atoms with Crippen molar-refractivity contribution in [3.63, 3.8) is 0 Å². The maximum atomic E-state index is 6.13. The van der Waals surface area contributed by atoms with Crippen molar-refractivity contribution in [2.45, 2.75) is 43.2 Å². The normalized spacial score (nSPS) is 23.2. The van der Waals surface area contributed by atoms with Gasteiger partial charge < -0.3 is 4.52 Å². The molecule has 0 bridgehead atoms. The number of rotatable bonds is 4. The predicted octanol–water partition coefficient (Wildman–Crippen LogP) is 3.72. The van der Waals surface area contributed by atoms with Crippen LogP contribution in [0.3, 0.4) is 0 Å². The molecule has 2 rings (SSSR count). The number of alkyl halides is 1. The second kappa shape index (κ2) is 5.21. The number of nitrogens with zero attached hydrogens (tertiary/aromatic N) is 2.